The number of pyridine rings is 2. The zero-order valence-electron chi connectivity index (χ0n) is 32.0. The number of carbonyl (C=O) groups is 1. The number of esters is 1. The van der Waals surface area contributed by atoms with Crippen LogP contribution in [0.2, 0.25) is 0 Å². The first-order valence-corrected chi connectivity index (χ1v) is 19.8. The lowest BCUT2D eigenvalue weighted by molar-refractivity contribution is -0.691. The van der Waals surface area contributed by atoms with Gasteiger partial charge in [-0.05, 0) is 117 Å². The first kappa shape index (κ1) is 35.5. The highest BCUT2D eigenvalue weighted by molar-refractivity contribution is 5.68. The Kier molecular flexibility index (Phi) is 9.16. The number of ether oxygens (including phenoxy) is 2. The van der Waals surface area contributed by atoms with Crippen LogP contribution in [-0.4, -0.2) is 18.7 Å². The molecule has 0 bridgehead atoms. The van der Waals surface area contributed by atoms with Gasteiger partial charge in [-0.2, -0.15) is 9.13 Å². The van der Waals surface area contributed by atoms with Gasteiger partial charge in [0.1, 0.15) is 6.10 Å². The Labute approximate surface area is 302 Å². The van der Waals surface area contributed by atoms with E-state index < -0.39 is 0 Å². The van der Waals surface area contributed by atoms with Crippen molar-refractivity contribution in [2.75, 3.05) is 6.61 Å². The van der Waals surface area contributed by atoms with Crippen molar-refractivity contribution in [3.05, 3.63) is 85.7 Å². The Morgan fingerprint density at radius 1 is 0.720 bits per heavy atom. The first-order chi connectivity index (χ1) is 23.7. The summed E-state index contributed by atoms with van der Waals surface area (Å²) in [6.45, 7) is 25.9. The van der Waals surface area contributed by atoms with Gasteiger partial charge in [-0.15, -0.1) is 0 Å². The molecule has 10 atom stereocenters. The molecule has 5 aliphatic carbocycles. The standard InChI is InChI=1S/C45H64N2O3/c1-32(2)34-17-22-45(31-49-33(3)29-46-25-11-9-12-26-46)24-23-43(7)35(40(34)45)15-16-37-42(6)20-19-38(41(4,5)36(42)18-21-44(37,43)8)50-39(48)30-47-27-13-10-14-28-47/h9-14,25-28,34-38,40H,1,3,15-24,29-31H2,2,4-8H3/q+2/t34-,35?,36?,37?,38-,40?,42-,43+,44+,45+/m0/s1. The highest BCUT2D eigenvalue weighted by atomic mass is 16.5. The van der Waals surface area contributed by atoms with Crippen LogP contribution in [0.15, 0.2) is 85.7 Å². The van der Waals surface area contributed by atoms with Crippen molar-refractivity contribution >= 4 is 5.97 Å². The van der Waals surface area contributed by atoms with Gasteiger partial charge >= 0.3 is 5.97 Å². The number of carbonyl (C=O) groups excluding carboxylic acids is 1. The fourth-order valence-electron chi connectivity index (χ4n) is 13.6. The van der Waals surface area contributed by atoms with Crippen molar-refractivity contribution in [3.8, 4) is 0 Å². The van der Waals surface area contributed by atoms with Crippen LogP contribution in [0.1, 0.15) is 106 Å². The maximum Gasteiger partial charge on any atom is 0.372 e. The van der Waals surface area contributed by atoms with Gasteiger partial charge in [0.05, 0.1) is 6.61 Å². The second-order valence-electron chi connectivity index (χ2n) is 18.8. The third-order valence-electron chi connectivity index (χ3n) is 16.2. The summed E-state index contributed by atoms with van der Waals surface area (Å²) in [5.41, 5.74) is 2.34. The van der Waals surface area contributed by atoms with Crippen LogP contribution >= 0.6 is 0 Å². The van der Waals surface area contributed by atoms with Crippen LogP contribution in [0, 0.1) is 56.7 Å². The highest BCUT2D eigenvalue weighted by Gasteiger charge is 2.71. The lowest BCUT2D eigenvalue weighted by Crippen LogP contribution is -2.67. The maximum atomic E-state index is 13.2. The van der Waals surface area contributed by atoms with Gasteiger partial charge in [0.25, 0.3) is 0 Å². The number of allylic oxidation sites excluding steroid dienone is 2. The molecule has 50 heavy (non-hydrogen) atoms. The van der Waals surface area contributed by atoms with Gasteiger partial charge in [0.2, 0.25) is 13.1 Å². The SMILES string of the molecule is C=C(C[n+]1ccccc1)OC[C@]12CC[C@@H](C(=C)C)C1C1CCC3[C@@]4(C)CC[C@H](OC(=O)C[n+]5ccccc5)C(C)(C)C4CC[C@@]3(C)[C@]1(C)CC2. The van der Waals surface area contributed by atoms with E-state index in [9.17, 15) is 4.79 Å². The minimum atomic E-state index is -0.114. The van der Waals surface area contributed by atoms with Gasteiger partial charge in [-0.1, -0.05) is 65.5 Å². The Hall–Kier alpha value is -2.95. The van der Waals surface area contributed by atoms with Crippen LogP contribution in [0.3, 0.4) is 0 Å². The Morgan fingerprint density at radius 2 is 1.38 bits per heavy atom. The van der Waals surface area contributed by atoms with E-state index in [2.05, 4.69) is 89.9 Å². The maximum absolute atomic E-state index is 13.2. The molecule has 2 heterocycles. The Bertz CT molecular complexity index is 1590. The molecule has 0 aliphatic heterocycles. The fourth-order valence-corrected chi connectivity index (χ4v) is 13.6. The summed E-state index contributed by atoms with van der Waals surface area (Å²) in [5.74, 6) is 3.86. The van der Waals surface area contributed by atoms with Crippen molar-refractivity contribution in [2.45, 2.75) is 125 Å². The predicted octanol–water partition coefficient (Wildman–Crippen LogP) is 9.06. The zero-order valence-corrected chi connectivity index (χ0v) is 32.0. The van der Waals surface area contributed by atoms with Crippen molar-refractivity contribution in [1.29, 1.82) is 0 Å². The predicted molar refractivity (Wildman–Crippen MR) is 197 cm³/mol. The van der Waals surface area contributed by atoms with Crippen LogP contribution < -0.4 is 9.13 Å². The van der Waals surface area contributed by atoms with Crippen LogP contribution in [0.4, 0.5) is 0 Å². The van der Waals surface area contributed by atoms with E-state index in [1.807, 2.05) is 35.2 Å². The minimum Gasteiger partial charge on any atom is -0.491 e. The molecule has 5 heteroatoms. The molecule has 2 aromatic heterocycles. The first-order valence-electron chi connectivity index (χ1n) is 19.8. The topological polar surface area (TPSA) is 43.3 Å². The molecule has 2 aromatic rings. The Morgan fingerprint density at radius 3 is 2.04 bits per heavy atom. The third kappa shape index (κ3) is 5.68. The summed E-state index contributed by atoms with van der Waals surface area (Å²) in [4.78, 5) is 13.2. The normalized spacial score (nSPS) is 40.0. The summed E-state index contributed by atoms with van der Waals surface area (Å²) in [6.07, 6.45) is 20.3. The average Bonchev–Trinajstić information content (AvgIpc) is 3.47. The van der Waals surface area contributed by atoms with Crippen molar-refractivity contribution < 1.29 is 23.4 Å². The van der Waals surface area contributed by atoms with Crippen LogP contribution in [0.25, 0.3) is 0 Å². The summed E-state index contributed by atoms with van der Waals surface area (Å²) in [6, 6.07) is 12.1. The molecule has 0 amide bonds. The van der Waals surface area contributed by atoms with Crippen molar-refractivity contribution in [3.63, 3.8) is 0 Å². The second-order valence-corrected chi connectivity index (χ2v) is 18.8. The molecule has 0 N–H and O–H groups in total. The number of fused-ring (bicyclic) bond motifs is 7. The van der Waals surface area contributed by atoms with Crippen molar-refractivity contribution in [1.82, 2.24) is 0 Å². The van der Waals surface area contributed by atoms with Gasteiger partial charge < -0.3 is 9.47 Å². The molecule has 5 nitrogen and oxygen atoms in total. The van der Waals surface area contributed by atoms with Crippen LogP contribution in [0.5, 0.6) is 0 Å². The largest absolute Gasteiger partial charge is 0.491 e. The summed E-state index contributed by atoms with van der Waals surface area (Å²) in [5, 5.41) is 0. The molecule has 0 radical (unpaired) electrons. The van der Waals surface area contributed by atoms with E-state index in [4.69, 9.17) is 9.47 Å². The molecule has 0 spiro atoms. The molecule has 5 aliphatic rings. The Balaban J connectivity index is 1.10. The van der Waals surface area contributed by atoms with E-state index in [0.29, 0.717) is 36.1 Å². The number of aromatic nitrogens is 2. The molecule has 5 saturated carbocycles. The van der Waals surface area contributed by atoms with E-state index in [1.165, 1.54) is 56.9 Å². The smallest absolute Gasteiger partial charge is 0.372 e. The second kappa shape index (κ2) is 12.9. The van der Waals surface area contributed by atoms with Gasteiger partial charge in [0.15, 0.2) is 30.5 Å². The number of hydrogen-bond donors (Lipinski definition) is 0. The quantitative estimate of drug-likeness (QED) is 0.115. The molecule has 0 saturated heterocycles. The number of hydrogen-bond acceptors (Lipinski definition) is 3. The molecular weight excluding hydrogens is 617 g/mol. The lowest BCUT2D eigenvalue weighted by atomic mass is 9.32. The molecule has 7 rings (SSSR count). The molecule has 0 aromatic carbocycles. The monoisotopic (exact) mass is 680 g/mol. The number of rotatable bonds is 9. The zero-order chi connectivity index (χ0) is 35.5. The summed E-state index contributed by atoms with van der Waals surface area (Å²) < 4.78 is 17.1. The molecule has 5 fully saturated rings. The highest BCUT2D eigenvalue weighted by Crippen LogP contribution is 2.77. The lowest BCUT2D eigenvalue weighted by Gasteiger charge is -2.73. The van der Waals surface area contributed by atoms with Crippen molar-refractivity contribution in [2.24, 2.45) is 56.7 Å². The van der Waals surface area contributed by atoms with Gasteiger partial charge in [-0.3, -0.25) is 0 Å². The van der Waals surface area contributed by atoms with Gasteiger partial charge in [-0.25, -0.2) is 4.79 Å². The summed E-state index contributed by atoms with van der Waals surface area (Å²) in [7, 11) is 0. The molecule has 4 unspecified atom stereocenters. The third-order valence-corrected chi connectivity index (χ3v) is 16.2. The summed E-state index contributed by atoms with van der Waals surface area (Å²) >= 11 is 0. The van der Waals surface area contributed by atoms with E-state index >= 15 is 0 Å². The van der Waals surface area contributed by atoms with Gasteiger partial charge in [0, 0.05) is 35.1 Å². The average molecular weight is 681 g/mol. The van der Waals surface area contributed by atoms with E-state index in [-0.39, 0.29) is 45.7 Å². The molecule has 270 valence electrons. The molecular formula is C45H64N2O3+2. The fraction of sp³-hybridized carbons (Fsp3) is 0.667. The van der Waals surface area contributed by atoms with Crippen LogP contribution in [-0.2, 0) is 27.4 Å². The van der Waals surface area contributed by atoms with E-state index in [0.717, 1.165) is 25.2 Å². The van der Waals surface area contributed by atoms with E-state index in [1.54, 1.807) is 0 Å². The number of nitrogens with zero attached hydrogens (tertiary/aromatic N) is 2. The minimum absolute atomic E-state index is 0.0335.